The molecule has 42 heavy (non-hydrogen) atoms. The number of benzene rings is 2. The second kappa shape index (κ2) is 10.3. The first kappa shape index (κ1) is 25.7. The van der Waals surface area contributed by atoms with E-state index in [9.17, 15) is 9.90 Å². The number of hydrogen-bond donors (Lipinski definition) is 3. The van der Waals surface area contributed by atoms with E-state index < -0.39 is 12.3 Å². The van der Waals surface area contributed by atoms with Crippen LogP contribution in [0.1, 0.15) is 60.5 Å². The lowest BCUT2D eigenvalue weighted by molar-refractivity contribution is 0.127. The third-order valence-corrected chi connectivity index (χ3v) is 7.54. The van der Waals surface area contributed by atoms with Gasteiger partial charge in [0.1, 0.15) is 6.23 Å². The topological polar surface area (TPSA) is 128 Å². The van der Waals surface area contributed by atoms with Gasteiger partial charge in [-0.2, -0.15) is 5.10 Å². The van der Waals surface area contributed by atoms with E-state index in [4.69, 9.17) is 5.73 Å². The molecule has 0 spiro atoms. The molecule has 0 bridgehead atoms. The number of aliphatic hydroxyl groups excluding tert-OH is 1. The van der Waals surface area contributed by atoms with Crippen molar-refractivity contribution in [2.75, 3.05) is 5.73 Å². The molecular weight excluding hydrogens is 528 g/mol. The number of aliphatic hydroxyl groups is 1. The fraction of sp³-hybridized carbons (Fsp3) is 0.188. The highest BCUT2D eigenvalue weighted by atomic mass is 16.3. The Morgan fingerprint density at radius 2 is 1.93 bits per heavy atom. The van der Waals surface area contributed by atoms with Gasteiger partial charge in [-0.1, -0.05) is 42.2 Å². The van der Waals surface area contributed by atoms with Crippen molar-refractivity contribution in [3.8, 4) is 17.5 Å². The van der Waals surface area contributed by atoms with E-state index in [0.717, 1.165) is 23.8 Å². The summed E-state index contributed by atoms with van der Waals surface area (Å²) in [5, 5.41) is 24.4. The zero-order valence-electron chi connectivity index (χ0n) is 22.8. The molecule has 10 heteroatoms. The van der Waals surface area contributed by atoms with Crippen molar-refractivity contribution in [1.82, 2.24) is 34.3 Å². The summed E-state index contributed by atoms with van der Waals surface area (Å²) in [6.45, 7) is 1.89. The summed E-state index contributed by atoms with van der Waals surface area (Å²) in [6, 6.07) is 18.8. The van der Waals surface area contributed by atoms with Crippen LogP contribution in [-0.2, 0) is 0 Å². The predicted molar refractivity (Wildman–Crippen MR) is 160 cm³/mol. The summed E-state index contributed by atoms with van der Waals surface area (Å²) < 4.78 is 5.15. The first-order chi connectivity index (χ1) is 20.5. The van der Waals surface area contributed by atoms with Gasteiger partial charge >= 0.3 is 0 Å². The molecule has 10 nitrogen and oxygen atoms in total. The van der Waals surface area contributed by atoms with Crippen LogP contribution < -0.4 is 16.6 Å². The van der Waals surface area contributed by atoms with Gasteiger partial charge in [0.2, 0.25) is 0 Å². The second-order valence-electron chi connectivity index (χ2n) is 10.5. The monoisotopic (exact) mass is 556 g/mol. The molecule has 0 aliphatic heterocycles. The highest BCUT2D eigenvalue weighted by molar-refractivity contribution is 5.88. The minimum atomic E-state index is -1.18. The predicted octanol–water partition coefficient (Wildman–Crippen LogP) is 3.89. The summed E-state index contributed by atoms with van der Waals surface area (Å²) in [5.41, 5.74) is 9.59. The Labute approximate surface area is 241 Å². The lowest BCUT2D eigenvalue weighted by atomic mass is 10.0. The van der Waals surface area contributed by atoms with Crippen molar-refractivity contribution in [3.63, 3.8) is 0 Å². The number of nitrogen functional groups attached to an aromatic ring is 1. The van der Waals surface area contributed by atoms with E-state index in [1.807, 2.05) is 72.4 Å². The largest absolute Gasteiger partial charge is 0.382 e. The molecule has 1 aliphatic carbocycles. The Balaban J connectivity index is 1.31. The van der Waals surface area contributed by atoms with Gasteiger partial charge < -0.3 is 10.8 Å². The van der Waals surface area contributed by atoms with Crippen molar-refractivity contribution >= 4 is 22.2 Å². The molecule has 1 aliphatic rings. The number of aromatic nitrogens is 6. The van der Waals surface area contributed by atoms with Crippen LogP contribution in [0.5, 0.6) is 0 Å². The van der Waals surface area contributed by atoms with E-state index in [2.05, 4.69) is 32.3 Å². The van der Waals surface area contributed by atoms with Gasteiger partial charge in [-0.25, -0.2) is 9.50 Å². The Bertz CT molecular complexity index is 2060. The van der Waals surface area contributed by atoms with Gasteiger partial charge in [-0.05, 0) is 55.5 Å². The van der Waals surface area contributed by atoms with Gasteiger partial charge in [0.25, 0.3) is 5.56 Å². The maximum absolute atomic E-state index is 14.3. The average molecular weight is 557 g/mol. The third-order valence-electron chi connectivity index (χ3n) is 7.54. The normalized spacial score (nSPS) is 14.5. The molecule has 208 valence electrons. The van der Waals surface area contributed by atoms with Crippen LogP contribution in [0.15, 0.2) is 90.2 Å². The van der Waals surface area contributed by atoms with Crippen LogP contribution in [0, 0.1) is 11.8 Å². The number of hydrogen-bond acceptors (Lipinski definition) is 7. The van der Waals surface area contributed by atoms with Crippen LogP contribution in [0.2, 0.25) is 0 Å². The number of pyridine rings is 1. The number of para-hydroxylation sites is 1. The van der Waals surface area contributed by atoms with Crippen molar-refractivity contribution in [3.05, 3.63) is 118 Å². The molecule has 0 amide bonds. The third kappa shape index (κ3) is 4.60. The molecule has 0 saturated heterocycles. The zero-order chi connectivity index (χ0) is 28.8. The number of anilines is 1. The van der Waals surface area contributed by atoms with Crippen LogP contribution in [0.4, 0.5) is 5.82 Å². The van der Waals surface area contributed by atoms with Crippen LogP contribution in [-0.4, -0.2) is 34.1 Å². The second-order valence-corrected chi connectivity index (χ2v) is 10.5. The minimum absolute atomic E-state index is 0.172. The standard InChI is InChI=1S/C32H28N8O2/c1-20(36-31(41)28-29(33)37-38-16-6-15-34-30(28)38)26-17-23-8-5-7-22(12-11-21-18-35-39(19-21)24-13-14-24)27(23)32(42)40(26)25-9-3-2-4-10-25/h2-10,15-20,24,31,36,41H,13-14H2,1H3,(H2,33,37)/t20-,31?/m0/s1. The van der Waals surface area contributed by atoms with Crippen molar-refractivity contribution in [2.24, 2.45) is 0 Å². The summed E-state index contributed by atoms with van der Waals surface area (Å²) in [7, 11) is 0. The zero-order valence-corrected chi connectivity index (χ0v) is 22.8. The molecule has 7 rings (SSSR count). The highest BCUT2D eigenvalue weighted by Gasteiger charge is 2.25. The molecule has 1 saturated carbocycles. The van der Waals surface area contributed by atoms with E-state index in [1.54, 1.807) is 29.2 Å². The Morgan fingerprint density at radius 1 is 1.10 bits per heavy atom. The van der Waals surface area contributed by atoms with Gasteiger partial charge in [-0.15, -0.1) is 5.10 Å². The molecule has 6 aromatic rings. The maximum atomic E-state index is 14.3. The SMILES string of the molecule is C[C@H](NC(O)c1c(N)nn2cccnc12)c1cc2cccc(C#Cc3cnn(C4CC4)c3)c2c(=O)n1-c1ccccc1. The number of nitrogens with zero attached hydrogens (tertiary/aromatic N) is 6. The Morgan fingerprint density at radius 3 is 2.74 bits per heavy atom. The molecule has 2 aromatic carbocycles. The molecule has 1 unspecified atom stereocenters. The van der Waals surface area contributed by atoms with E-state index in [1.165, 1.54) is 4.52 Å². The lowest BCUT2D eigenvalue weighted by Gasteiger charge is -2.23. The summed E-state index contributed by atoms with van der Waals surface area (Å²) in [5.74, 6) is 6.58. The van der Waals surface area contributed by atoms with Crippen molar-refractivity contribution in [1.29, 1.82) is 0 Å². The summed E-state index contributed by atoms with van der Waals surface area (Å²) in [6.07, 6.45) is 8.17. The number of fused-ring (bicyclic) bond motifs is 2. The van der Waals surface area contributed by atoms with E-state index in [0.29, 0.717) is 39.6 Å². The first-order valence-corrected chi connectivity index (χ1v) is 13.8. The molecule has 0 radical (unpaired) electrons. The molecule has 4 N–H and O–H groups in total. The van der Waals surface area contributed by atoms with E-state index >= 15 is 0 Å². The number of nitrogens with one attached hydrogen (secondary N) is 1. The number of rotatable bonds is 6. The van der Waals surface area contributed by atoms with Gasteiger partial charge in [0.05, 0.1) is 28.8 Å². The quantitative estimate of drug-likeness (QED) is 0.210. The van der Waals surface area contributed by atoms with Crippen molar-refractivity contribution < 1.29 is 5.11 Å². The Hall–Kier alpha value is -5.24. The molecule has 2 atom stereocenters. The van der Waals surface area contributed by atoms with Crippen LogP contribution in [0.3, 0.4) is 0 Å². The summed E-state index contributed by atoms with van der Waals surface area (Å²) in [4.78, 5) is 18.6. The van der Waals surface area contributed by atoms with Gasteiger partial charge in [0, 0.05) is 41.6 Å². The smallest absolute Gasteiger partial charge is 0.264 e. The lowest BCUT2D eigenvalue weighted by Crippen LogP contribution is -2.31. The molecule has 4 aromatic heterocycles. The molecular formula is C32H28N8O2. The molecule has 1 fully saturated rings. The number of nitrogens with two attached hydrogens (primary N) is 1. The van der Waals surface area contributed by atoms with Crippen LogP contribution in [0.25, 0.3) is 22.1 Å². The van der Waals surface area contributed by atoms with Crippen molar-refractivity contribution in [2.45, 2.75) is 38.1 Å². The minimum Gasteiger partial charge on any atom is -0.382 e. The Kier molecular flexibility index (Phi) is 6.31. The van der Waals surface area contributed by atoms with Gasteiger partial charge in [0.15, 0.2) is 11.5 Å². The first-order valence-electron chi connectivity index (χ1n) is 13.8. The highest BCUT2D eigenvalue weighted by Crippen LogP contribution is 2.34. The fourth-order valence-corrected chi connectivity index (χ4v) is 5.32. The van der Waals surface area contributed by atoms with Crippen LogP contribution >= 0.6 is 0 Å². The maximum Gasteiger partial charge on any atom is 0.264 e. The van der Waals surface area contributed by atoms with E-state index in [-0.39, 0.29) is 11.4 Å². The average Bonchev–Trinajstić information content (AvgIpc) is 3.64. The molecule has 4 heterocycles. The fourth-order valence-electron chi connectivity index (χ4n) is 5.32. The van der Waals surface area contributed by atoms with Gasteiger partial charge in [-0.3, -0.25) is 19.4 Å². The summed E-state index contributed by atoms with van der Waals surface area (Å²) >= 11 is 0.